The van der Waals surface area contributed by atoms with E-state index in [0.29, 0.717) is 0 Å². The third-order valence-electron chi connectivity index (χ3n) is 0.1000. The molecular formula is C2H6INaO6. The van der Waals surface area contributed by atoms with Crippen molar-refractivity contribution in [3.05, 3.63) is 0 Å². The molecule has 0 bridgehead atoms. The van der Waals surface area contributed by atoms with E-state index in [1.807, 2.05) is 0 Å². The molecule has 0 unspecified atom stereocenters. The molecule has 8 heteroatoms. The topological polar surface area (TPSA) is 133 Å². The van der Waals surface area contributed by atoms with Gasteiger partial charge in [-0.1, -0.05) is 0 Å². The molecule has 0 aliphatic rings. The van der Waals surface area contributed by atoms with Crippen LogP contribution in [0.1, 0.15) is 0 Å². The van der Waals surface area contributed by atoms with E-state index in [9.17, 15) is 0 Å². The number of aliphatic hydroxyl groups excluding tert-OH is 2. The van der Waals surface area contributed by atoms with E-state index in [4.69, 9.17) is 24.0 Å². The first kappa shape index (κ1) is 17.5. The fourth-order valence-corrected chi connectivity index (χ4v) is 0. The van der Waals surface area contributed by atoms with E-state index in [2.05, 4.69) is 0 Å². The van der Waals surface area contributed by atoms with Crippen molar-refractivity contribution in [3.63, 3.8) is 0 Å². The number of aliphatic hydroxyl groups is 2. The predicted molar refractivity (Wildman–Crippen MR) is 14.2 cm³/mol. The van der Waals surface area contributed by atoms with Crippen LogP contribution in [0.2, 0.25) is 0 Å². The van der Waals surface area contributed by atoms with E-state index in [0.717, 1.165) is 0 Å². The molecule has 10 heavy (non-hydrogen) atoms. The molecular weight excluding hydrogens is 270 g/mol. The summed E-state index contributed by atoms with van der Waals surface area (Å²) in [5.74, 6) is 0. The summed E-state index contributed by atoms with van der Waals surface area (Å²) in [4.78, 5) is 0. The summed E-state index contributed by atoms with van der Waals surface area (Å²) in [5, 5.41) is 15.2. The van der Waals surface area contributed by atoms with Crippen molar-refractivity contribution in [2.24, 2.45) is 0 Å². The van der Waals surface area contributed by atoms with Crippen molar-refractivity contribution in [3.8, 4) is 0 Å². The summed E-state index contributed by atoms with van der Waals surface area (Å²) >= 11 is -5.94. The average molecular weight is 276 g/mol. The van der Waals surface area contributed by atoms with Gasteiger partial charge in [-0.25, -0.2) is 0 Å². The maximum absolute atomic E-state index is 8.62. The zero-order valence-corrected chi connectivity index (χ0v) is 9.48. The first-order chi connectivity index (χ1) is 3.91. The van der Waals surface area contributed by atoms with Crippen molar-refractivity contribution in [2.75, 3.05) is 13.2 Å². The van der Waals surface area contributed by atoms with Crippen molar-refractivity contribution < 1.29 is 73.6 Å². The second-order valence-electron chi connectivity index (χ2n) is 0.825. The first-order valence-electron chi connectivity index (χ1n) is 1.75. The minimum Gasteiger partial charge on any atom is -0.394 e. The molecule has 0 fully saturated rings. The van der Waals surface area contributed by atoms with Crippen LogP contribution in [0.5, 0.6) is 0 Å². The van der Waals surface area contributed by atoms with Crippen LogP contribution in [0.15, 0.2) is 0 Å². The molecule has 0 saturated carbocycles. The van der Waals surface area contributed by atoms with Crippen molar-refractivity contribution in [2.45, 2.75) is 0 Å². The standard InChI is InChI=1S/C2H6O2.IO4.Na/c3-1-2-4;2-1(3,4)5;/h3-4H,1-2H2;;/q;-1;+1. The minimum absolute atomic E-state index is 0. The van der Waals surface area contributed by atoms with Crippen molar-refractivity contribution in [1.82, 2.24) is 0 Å². The Hall–Kier alpha value is 1.49. The monoisotopic (exact) mass is 276 g/mol. The molecule has 0 amide bonds. The molecule has 0 aliphatic heterocycles. The summed E-state index contributed by atoms with van der Waals surface area (Å²) in [6, 6.07) is 0. The van der Waals surface area contributed by atoms with Crippen LogP contribution in [-0.4, -0.2) is 23.4 Å². The van der Waals surface area contributed by atoms with Gasteiger partial charge in [0.05, 0.1) is 13.2 Å². The van der Waals surface area contributed by atoms with Gasteiger partial charge in [-0.2, -0.15) is 0 Å². The van der Waals surface area contributed by atoms with E-state index in [1.54, 1.807) is 0 Å². The molecule has 0 rings (SSSR count). The predicted octanol–water partition coefficient (Wildman–Crippen LogP) is -11.8. The zero-order chi connectivity index (χ0) is 7.91. The maximum Gasteiger partial charge on any atom is 1.00 e. The van der Waals surface area contributed by atoms with Gasteiger partial charge < -0.3 is 10.2 Å². The van der Waals surface area contributed by atoms with Crippen molar-refractivity contribution in [1.29, 1.82) is 0 Å². The Morgan fingerprint density at radius 2 is 1.00 bits per heavy atom. The van der Waals surface area contributed by atoms with Crippen LogP contribution in [0, 0.1) is 0 Å². The average Bonchev–Trinajstić information content (AvgIpc) is 1.61. The Morgan fingerprint density at radius 3 is 1.00 bits per heavy atom. The van der Waals surface area contributed by atoms with E-state index in [1.165, 1.54) is 0 Å². The van der Waals surface area contributed by atoms with E-state index in [-0.39, 0.29) is 42.8 Å². The molecule has 0 aromatic carbocycles. The largest absolute Gasteiger partial charge is 1.00 e. The van der Waals surface area contributed by atoms with Crippen molar-refractivity contribution >= 4 is 0 Å². The Labute approximate surface area is 86.1 Å². The summed E-state index contributed by atoms with van der Waals surface area (Å²) in [5.41, 5.74) is 0. The molecule has 2 N–H and O–H groups in total. The molecule has 0 aromatic rings. The normalized spacial score (nSPS) is 9.00. The van der Waals surface area contributed by atoms with E-state index >= 15 is 0 Å². The van der Waals surface area contributed by atoms with Gasteiger partial charge in [-0.15, -0.1) is 0 Å². The van der Waals surface area contributed by atoms with Crippen LogP contribution in [0.4, 0.5) is 0 Å². The molecule has 0 atom stereocenters. The molecule has 58 valence electrons. The quantitative estimate of drug-likeness (QED) is 0.361. The number of hydrogen-bond donors (Lipinski definition) is 2. The summed E-state index contributed by atoms with van der Waals surface area (Å²) < 4.78 is 34.5. The van der Waals surface area contributed by atoms with Gasteiger partial charge in [0.1, 0.15) is 20.1 Å². The Kier molecular flexibility index (Phi) is 18.4. The summed E-state index contributed by atoms with van der Waals surface area (Å²) in [7, 11) is 0. The minimum atomic E-state index is -5.94. The molecule has 0 aromatic heterocycles. The van der Waals surface area contributed by atoms with Gasteiger partial charge in [-0.05, 0) is 0 Å². The fourth-order valence-electron chi connectivity index (χ4n) is 0. The van der Waals surface area contributed by atoms with Crippen LogP contribution in [0.25, 0.3) is 0 Å². The molecule has 0 radical (unpaired) electrons. The number of rotatable bonds is 1. The van der Waals surface area contributed by atoms with Gasteiger partial charge >= 0.3 is 29.6 Å². The van der Waals surface area contributed by atoms with Gasteiger partial charge in [0.2, 0.25) is 0 Å². The van der Waals surface area contributed by atoms with Crippen LogP contribution < -0.4 is 63.4 Å². The van der Waals surface area contributed by atoms with Crippen LogP contribution >= 0.6 is 0 Å². The number of halogens is 1. The van der Waals surface area contributed by atoms with E-state index < -0.39 is 20.1 Å². The van der Waals surface area contributed by atoms with Gasteiger partial charge in [0, 0.05) is 0 Å². The fraction of sp³-hybridized carbons (Fsp3) is 1.00. The molecule has 0 aliphatic carbocycles. The zero-order valence-electron chi connectivity index (χ0n) is 5.32. The second-order valence-corrected chi connectivity index (χ2v) is 2.98. The second kappa shape index (κ2) is 10.5. The third-order valence-corrected chi connectivity index (χ3v) is 0.1000. The molecule has 0 spiro atoms. The molecule has 6 nitrogen and oxygen atoms in total. The first-order valence-corrected chi connectivity index (χ1v) is 5.27. The van der Waals surface area contributed by atoms with Crippen LogP contribution in [-0.2, 0) is 0 Å². The Balaban J connectivity index is -0.0000000910. The molecule has 0 heterocycles. The van der Waals surface area contributed by atoms with Gasteiger partial charge in [0.15, 0.2) is 0 Å². The third kappa shape index (κ3) is 110. The molecule has 0 saturated heterocycles. The SMILES string of the molecule is OCCO.[Na+].[O-][I+3]([O-])([O-])[O-]. The Bertz CT molecular complexity index is 46.2. The smallest absolute Gasteiger partial charge is 0.394 e. The van der Waals surface area contributed by atoms with Gasteiger partial charge in [0.25, 0.3) is 0 Å². The van der Waals surface area contributed by atoms with Gasteiger partial charge in [-0.3, -0.25) is 13.7 Å². The number of hydrogen-bond acceptors (Lipinski definition) is 6. The maximum atomic E-state index is 8.62. The summed E-state index contributed by atoms with van der Waals surface area (Å²) in [6.45, 7) is -0.250. The van der Waals surface area contributed by atoms with Crippen LogP contribution in [0.3, 0.4) is 0 Å². The Morgan fingerprint density at radius 1 is 0.900 bits per heavy atom. The summed E-state index contributed by atoms with van der Waals surface area (Å²) in [6.07, 6.45) is 0.